The SMILES string of the molecule is COC(=O)C1CSC(C(C)(C)C)SC1. The molecule has 0 N–H and O–H groups in total. The average molecular weight is 234 g/mol. The predicted molar refractivity (Wildman–Crippen MR) is 63.7 cm³/mol. The quantitative estimate of drug-likeness (QED) is 0.652. The van der Waals surface area contributed by atoms with Gasteiger partial charge in [-0.2, -0.15) is 0 Å². The molecule has 0 atom stereocenters. The number of hydrogen-bond donors (Lipinski definition) is 0. The Morgan fingerprint density at radius 1 is 1.29 bits per heavy atom. The average Bonchev–Trinajstić information content (AvgIpc) is 2.15. The highest BCUT2D eigenvalue weighted by Crippen LogP contribution is 2.43. The molecule has 0 bridgehead atoms. The molecule has 4 heteroatoms. The second-order valence-corrected chi connectivity index (χ2v) is 7.16. The summed E-state index contributed by atoms with van der Waals surface area (Å²) in [6.45, 7) is 6.74. The lowest BCUT2D eigenvalue weighted by Crippen LogP contribution is -2.31. The van der Waals surface area contributed by atoms with E-state index in [0.717, 1.165) is 11.5 Å². The Morgan fingerprint density at radius 2 is 1.79 bits per heavy atom. The highest BCUT2D eigenvalue weighted by Gasteiger charge is 2.33. The number of rotatable bonds is 1. The zero-order valence-electron chi connectivity index (χ0n) is 9.20. The summed E-state index contributed by atoms with van der Waals surface area (Å²) >= 11 is 3.77. The standard InChI is InChI=1S/C10H18O2S2/c1-10(2,3)9-13-5-7(6-14-9)8(11)12-4/h7,9H,5-6H2,1-4H3. The van der Waals surface area contributed by atoms with Crippen molar-refractivity contribution >= 4 is 29.5 Å². The van der Waals surface area contributed by atoms with Crippen molar-refractivity contribution in [1.82, 2.24) is 0 Å². The molecular formula is C10H18O2S2. The first-order valence-electron chi connectivity index (χ1n) is 4.76. The van der Waals surface area contributed by atoms with Crippen molar-refractivity contribution in [3.8, 4) is 0 Å². The van der Waals surface area contributed by atoms with E-state index in [1.165, 1.54) is 7.11 Å². The van der Waals surface area contributed by atoms with Crippen LogP contribution in [0.3, 0.4) is 0 Å². The van der Waals surface area contributed by atoms with Gasteiger partial charge in [-0.3, -0.25) is 4.79 Å². The van der Waals surface area contributed by atoms with E-state index in [2.05, 4.69) is 20.8 Å². The summed E-state index contributed by atoms with van der Waals surface area (Å²) in [7, 11) is 1.47. The third kappa shape index (κ3) is 3.09. The molecule has 1 aliphatic rings. The van der Waals surface area contributed by atoms with E-state index in [1.807, 2.05) is 23.5 Å². The third-order valence-corrected chi connectivity index (χ3v) is 6.17. The zero-order chi connectivity index (χ0) is 10.8. The maximum Gasteiger partial charge on any atom is 0.310 e. The van der Waals surface area contributed by atoms with Gasteiger partial charge in [0.05, 0.1) is 17.6 Å². The van der Waals surface area contributed by atoms with E-state index < -0.39 is 0 Å². The van der Waals surface area contributed by atoms with Crippen molar-refractivity contribution in [3.63, 3.8) is 0 Å². The van der Waals surface area contributed by atoms with Gasteiger partial charge in [-0.15, -0.1) is 23.5 Å². The summed E-state index contributed by atoms with van der Waals surface area (Å²) < 4.78 is 5.35. The monoisotopic (exact) mass is 234 g/mol. The van der Waals surface area contributed by atoms with E-state index in [9.17, 15) is 4.79 Å². The van der Waals surface area contributed by atoms with Crippen LogP contribution in [0.15, 0.2) is 0 Å². The van der Waals surface area contributed by atoms with Gasteiger partial charge in [0.1, 0.15) is 0 Å². The summed E-state index contributed by atoms with van der Waals surface area (Å²) in [5, 5.41) is 0. The molecule has 0 spiro atoms. The van der Waals surface area contributed by atoms with Gasteiger partial charge in [-0.25, -0.2) is 0 Å². The molecular weight excluding hydrogens is 216 g/mol. The molecule has 1 heterocycles. The van der Waals surface area contributed by atoms with Crippen molar-refractivity contribution in [2.24, 2.45) is 11.3 Å². The highest BCUT2D eigenvalue weighted by atomic mass is 32.2. The van der Waals surface area contributed by atoms with Gasteiger partial charge in [0.2, 0.25) is 0 Å². The molecule has 2 nitrogen and oxygen atoms in total. The molecule has 0 amide bonds. The molecule has 0 aliphatic carbocycles. The molecule has 0 unspecified atom stereocenters. The lowest BCUT2D eigenvalue weighted by molar-refractivity contribution is -0.143. The zero-order valence-corrected chi connectivity index (χ0v) is 10.8. The second kappa shape index (κ2) is 4.79. The summed E-state index contributed by atoms with van der Waals surface area (Å²) in [5.74, 6) is 1.84. The fourth-order valence-electron chi connectivity index (χ4n) is 1.31. The van der Waals surface area contributed by atoms with Crippen molar-refractivity contribution in [2.45, 2.75) is 25.4 Å². The van der Waals surface area contributed by atoms with E-state index in [-0.39, 0.29) is 11.9 Å². The minimum atomic E-state index is -0.0580. The minimum absolute atomic E-state index is 0.0580. The van der Waals surface area contributed by atoms with Crippen LogP contribution in [0.5, 0.6) is 0 Å². The maximum absolute atomic E-state index is 11.3. The number of ether oxygens (including phenoxy) is 1. The molecule has 1 fully saturated rings. The molecule has 1 aliphatic heterocycles. The Balaban J connectivity index is 2.43. The molecule has 0 aromatic carbocycles. The smallest absolute Gasteiger partial charge is 0.310 e. The predicted octanol–water partition coefficient (Wildman–Crippen LogP) is 2.63. The van der Waals surface area contributed by atoms with Crippen LogP contribution in [0.25, 0.3) is 0 Å². The molecule has 0 saturated carbocycles. The molecule has 14 heavy (non-hydrogen) atoms. The summed E-state index contributed by atoms with van der Waals surface area (Å²) in [6.07, 6.45) is 0. The van der Waals surface area contributed by atoms with Crippen LogP contribution in [0.4, 0.5) is 0 Å². The van der Waals surface area contributed by atoms with Gasteiger partial charge >= 0.3 is 5.97 Å². The lowest BCUT2D eigenvalue weighted by atomic mass is 10.00. The normalized spacial score (nSPS) is 28.6. The molecule has 82 valence electrons. The van der Waals surface area contributed by atoms with Crippen molar-refractivity contribution < 1.29 is 9.53 Å². The van der Waals surface area contributed by atoms with Gasteiger partial charge in [-0.05, 0) is 5.41 Å². The number of methoxy groups -OCH3 is 1. The van der Waals surface area contributed by atoms with Gasteiger partial charge < -0.3 is 4.74 Å². The van der Waals surface area contributed by atoms with E-state index >= 15 is 0 Å². The maximum atomic E-state index is 11.3. The second-order valence-electron chi connectivity index (χ2n) is 4.58. The summed E-state index contributed by atoms with van der Waals surface area (Å²) in [5.41, 5.74) is 0.316. The molecule has 1 rings (SSSR count). The largest absolute Gasteiger partial charge is 0.469 e. The molecule has 0 aromatic heterocycles. The van der Waals surface area contributed by atoms with Gasteiger partial charge in [0, 0.05) is 11.5 Å². The number of thioether (sulfide) groups is 2. The van der Waals surface area contributed by atoms with Crippen LogP contribution in [0, 0.1) is 11.3 Å². The van der Waals surface area contributed by atoms with Gasteiger partial charge in [0.15, 0.2) is 0 Å². The Kier molecular flexibility index (Phi) is 4.19. The first-order valence-corrected chi connectivity index (χ1v) is 6.86. The van der Waals surface area contributed by atoms with Gasteiger partial charge in [0.25, 0.3) is 0 Å². The Hall–Kier alpha value is 0.170. The van der Waals surface area contributed by atoms with Crippen molar-refractivity contribution in [3.05, 3.63) is 0 Å². The first kappa shape index (κ1) is 12.2. The minimum Gasteiger partial charge on any atom is -0.469 e. The van der Waals surface area contributed by atoms with Crippen LogP contribution in [-0.4, -0.2) is 29.2 Å². The van der Waals surface area contributed by atoms with Crippen LogP contribution >= 0.6 is 23.5 Å². The lowest BCUT2D eigenvalue weighted by Gasteiger charge is -2.34. The Labute approximate surface area is 94.5 Å². The number of carbonyl (C=O) groups excluding carboxylic acids is 1. The van der Waals surface area contributed by atoms with E-state index in [1.54, 1.807) is 0 Å². The fourth-order valence-corrected chi connectivity index (χ4v) is 4.63. The third-order valence-electron chi connectivity index (χ3n) is 2.14. The van der Waals surface area contributed by atoms with E-state index in [0.29, 0.717) is 10.00 Å². The summed E-state index contributed by atoms with van der Waals surface area (Å²) in [4.78, 5) is 11.3. The van der Waals surface area contributed by atoms with Crippen LogP contribution in [-0.2, 0) is 9.53 Å². The number of esters is 1. The fraction of sp³-hybridized carbons (Fsp3) is 0.900. The van der Waals surface area contributed by atoms with Gasteiger partial charge in [-0.1, -0.05) is 20.8 Å². The Morgan fingerprint density at radius 3 is 2.14 bits per heavy atom. The Bertz CT molecular complexity index is 203. The number of carbonyl (C=O) groups is 1. The van der Waals surface area contributed by atoms with Crippen LogP contribution < -0.4 is 0 Å². The topological polar surface area (TPSA) is 26.3 Å². The molecule has 0 radical (unpaired) electrons. The van der Waals surface area contributed by atoms with Crippen molar-refractivity contribution in [2.75, 3.05) is 18.6 Å². The number of hydrogen-bond acceptors (Lipinski definition) is 4. The van der Waals surface area contributed by atoms with Crippen LogP contribution in [0.1, 0.15) is 20.8 Å². The van der Waals surface area contributed by atoms with Crippen LogP contribution in [0.2, 0.25) is 0 Å². The first-order chi connectivity index (χ1) is 6.45. The molecule has 1 saturated heterocycles. The van der Waals surface area contributed by atoms with E-state index in [4.69, 9.17) is 4.74 Å². The van der Waals surface area contributed by atoms with Crippen molar-refractivity contribution in [1.29, 1.82) is 0 Å². The summed E-state index contributed by atoms with van der Waals surface area (Å²) in [6, 6.07) is 0. The highest BCUT2D eigenvalue weighted by molar-refractivity contribution is 8.17. The molecule has 0 aromatic rings.